The van der Waals surface area contributed by atoms with Gasteiger partial charge in [0.15, 0.2) is 0 Å². The second kappa shape index (κ2) is 12.8. The molecule has 4 nitrogen and oxygen atoms in total. The van der Waals surface area contributed by atoms with Crippen LogP contribution in [-0.4, -0.2) is 55.0 Å². The van der Waals surface area contributed by atoms with Crippen molar-refractivity contribution < 1.29 is 31.8 Å². The first-order valence-corrected chi connectivity index (χ1v) is 17.1. The molecule has 0 aromatic heterocycles. The molecule has 0 fully saturated rings. The zero-order valence-electron chi connectivity index (χ0n) is 21.2. The van der Waals surface area contributed by atoms with Gasteiger partial charge in [-0.15, -0.1) is 0 Å². The summed E-state index contributed by atoms with van der Waals surface area (Å²) in [6, 6.07) is 17.9. The van der Waals surface area contributed by atoms with Crippen LogP contribution in [0, 0.1) is 0 Å². The van der Waals surface area contributed by atoms with Gasteiger partial charge in [-0.3, -0.25) is 0 Å². The number of benzene rings is 2. The molecule has 4 rings (SSSR count). The largest absolute Gasteiger partial charge is 0.390 e. The normalized spacial score (nSPS) is 17.0. The Morgan fingerprint density at radius 1 is 0.667 bits per heavy atom. The third kappa shape index (κ3) is 7.72. The Balaban J connectivity index is 0.000000269. The summed E-state index contributed by atoms with van der Waals surface area (Å²) >= 11 is -0.469. The minimum Gasteiger partial charge on any atom is -0.383 e. The summed E-state index contributed by atoms with van der Waals surface area (Å²) in [7, 11) is 4.49. The third-order valence-corrected chi connectivity index (χ3v) is 12.5. The van der Waals surface area contributed by atoms with Gasteiger partial charge in [0.2, 0.25) is 0 Å². The van der Waals surface area contributed by atoms with Crippen molar-refractivity contribution >= 4 is 29.8 Å². The van der Waals surface area contributed by atoms with Gasteiger partial charge in [-0.05, 0) is 41.3 Å². The zero-order chi connectivity index (χ0) is 24.7. The van der Waals surface area contributed by atoms with E-state index < -0.39 is 40.6 Å². The van der Waals surface area contributed by atoms with Gasteiger partial charge in [-0.2, -0.15) is 0 Å². The van der Waals surface area contributed by atoms with E-state index in [2.05, 4.69) is 74.5 Å². The molecule has 0 N–H and O–H groups in total. The predicted octanol–water partition coefficient (Wildman–Crippen LogP) is 5.58. The maximum Gasteiger partial charge on any atom is 0.390 e. The zero-order valence-corrected chi connectivity index (χ0v) is 25.0. The van der Waals surface area contributed by atoms with E-state index in [1.54, 1.807) is 72.7 Å². The number of hydrogen-bond acceptors (Lipinski definition) is 2. The van der Waals surface area contributed by atoms with Gasteiger partial charge in [0.1, 0.15) is 0 Å². The molecule has 0 radical (unpaired) electrons. The first kappa shape index (κ1) is 27.7. The van der Waals surface area contributed by atoms with Crippen molar-refractivity contribution in [1.82, 2.24) is 9.13 Å². The van der Waals surface area contributed by atoms with E-state index in [-0.39, 0.29) is 0 Å². The van der Waals surface area contributed by atoms with E-state index in [0.717, 1.165) is 7.35 Å². The fourth-order valence-corrected chi connectivity index (χ4v) is 7.16. The smallest absolute Gasteiger partial charge is 0.383 e. The topological polar surface area (TPSA) is 40.6 Å². The van der Waals surface area contributed by atoms with Crippen LogP contribution in [0.4, 0.5) is 0 Å². The van der Waals surface area contributed by atoms with Crippen molar-refractivity contribution in [1.29, 1.82) is 0 Å². The van der Waals surface area contributed by atoms with Crippen LogP contribution in [0.25, 0.3) is 12.2 Å². The van der Waals surface area contributed by atoms with Gasteiger partial charge in [-0.1, -0.05) is 0 Å². The Morgan fingerprint density at radius 2 is 0.970 bits per heavy atom. The van der Waals surface area contributed by atoms with Gasteiger partial charge in [-0.25, -0.2) is 0 Å². The Kier molecular flexibility index (Phi) is 10.7. The summed E-state index contributed by atoms with van der Waals surface area (Å²) < 4.78 is 25.4. The van der Waals surface area contributed by atoms with Crippen LogP contribution in [0.1, 0.15) is 43.5 Å². The summed E-state index contributed by atoms with van der Waals surface area (Å²) in [6.07, 6.45) is 4.80. The van der Waals surface area contributed by atoms with Crippen molar-refractivity contribution in [2.45, 2.75) is 34.3 Å². The monoisotopic (exact) mass is 509 g/mol. The van der Waals surface area contributed by atoms with E-state index >= 15 is 0 Å². The average Bonchev–Trinajstić information content (AvgIpc) is 3.25. The molecule has 2 unspecified atom stereocenters. The Labute approximate surface area is 214 Å². The molecule has 2 aliphatic carbocycles. The van der Waals surface area contributed by atoms with E-state index in [1.807, 2.05) is 0 Å². The molecule has 173 valence electrons. The molecule has 2 aromatic rings. The molecule has 0 bridgehead atoms. The van der Waals surface area contributed by atoms with Gasteiger partial charge in [0, 0.05) is 0 Å². The number of allylic oxidation sites excluding steroid dienone is 2. The van der Waals surface area contributed by atoms with E-state index in [1.165, 1.54) is 11.1 Å². The molecule has 0 saturated carbocycles. The molecule has 0 spiro atoms. The average molecular weight is 510 g/mol. The van der Waals surface area contributed by atoms with Crippen LogP contribution < -0.4 is 0 Å². The summed E-state index contributed by atoms with van der Waals surface area (Å²) in [6.45, 7) is 8.07. The number of fused-ring (bicyclic) bond motifs is 2. The fourth-order valence-electron chi connectivity index (χ4n) is 3.72. The third-order valence-electron chi connectivity index (χ3n) is 6.05. The molecular weight excluding hydrogens is 473 g/mol. The van der Waals surface area contributed by atoms with Crippen LogP contribution in [0.2, 0.25) is 13.1 Å². The van der Waals surface area contributed by atoms with Crippen molar-refractivity contribution in [2.75, 3.05) is 28.2 Å². The minimum atomic E-state index is -1.37. The summed E-state index contributed by atoms with van der Waals surface area (Å²) in [5.74, 6) is 0. The molecule has 0 saturated heterocycles. The minimum absolute atomic E-state index is 0.469. The standard InChI is InChI=1S/2C10H9.2C3H9NOSi.Sc/c2*1-8-6-9-4-2-3-5-10(9)7-8;2*1-4(2)6(3)5;/h2*2-7H,1H3;2*1-3H3;. The van der Waals surface area contributed by atoms with Crippen LogP contribution in [0.3, 0.4) is 0 Å². The van der Waals surface area contributed by atoms with Crippen LogP contribution >= 0.6 is 0 Å². The van der Waals surface area contributed by atoms with Crippen molar-refractivity contribution in [3.05, 3.63) is 81.9 Å². The fraction of sp³-hybridized carbons (Fsp3) is 0.385. The summed E-state index contributed by atoms with van der Waals surface area (Å²) in [5, 5.41) is 0. The van der Waals surface area contributed by atoms with E-state index in [9.17, 15) is 8.92 Å². The second-order valence-corrected chi connectivity index (χ2v) is 15.6. The van der Waals surface area contributed by atoms with Crippen molar-refractivity contribution in [3.63, 3.8) is 0 Å². The molecule has 2 aromatic carbocycles. The molecule has 33 heavy (non-hydrogen) atoms. The number of rotatable bonds is 4. The van der Waals surface area contributed by atoms with Gasteiger partial charge in [0.25, 0.3) is 0 Å². The van der Waals surface area contributed by atoms with Crippen molar-refractivity contribution in [2.24, 2.45) is 0 Å². The molecule has 2 aliphatic rings. The maximum absolute atomic E-state index is 10.3. The Hall–Kier alpha value is -1.58. The van der Waals surface area contributed by atoms with Crippen LogP contribution in [-0.2, 0) is 31.8 Å². The van der Waals surface area contributed by atoms with Gasteiger partial charge in [0.05, 0.1) is 0 Å². The first-order chi connectivity index (χ1) is 15.5. The molecule has 0 heterocycles. The second-order valence-electron chi connectivity index (χ2n) is 9.01. The molecule has 0 amide bonds. The number of hydrogen-bond donors (Lipinski definition) is 0. The molecule has 7 heteroatoms. The first-order valence-electron chi connectivity index (χ1n) is 11.3. The molecule has 0 aliphatic heterocycles. The summed E-state index contributed by atoms with van der Waals surface area (Å²) in [5.41, 5.74) is 9.20. The molecule has 2 atom stereocenters. The molecular formula is C26H36N2O2ScSi2. The maximum atomic E-state index is 10.3. The SMILES string of the molecule is CC1=Cc2ccccc2[CH]1[Sc][CH]1C(C)=Cc2ccccc21.CN(C)[Si](C)=O.CN(C)[Si](C)=O. The number of nitrogens with zero attached hydrogens (tertiary/aromatic N) is 2. The van der Waals surface area contributed by atoms with Gasteiger partial charge < -0.3 is 18.1 Å². The Morgan fingerprint density at radius 3 is 1.27 bits per heavy atom. The van der Waals surface area contributed by atoms with E-state index in [4.69, 9.17) is 0 Å². The summed E-state index contributed by atoms with van der Waals surface area (Å²) in [4.78, 5) is 0. The van der Waals surface area contributed by atoms with E-state index in [0.29, 0.717) is 0 Å². The van der Waals surface area contributed by atoms with Crippen LogP contribution in [0.15, 0.2) is 59.7 Å². The van der Waals surface area contributed by atoms with Gasteiger partial charge >= 0.3 is 156 Å². The quantitative estimate of drug-likeness (QED) is 0.505. The predicted molar refractivity (Wildman–Crippen MR) is 138 cm³/mol. The van der Waals surface area contributed by atoms with Crippen LogP contribution in [0.5, 0.6) is 0 Å². The van der Waals surface area contributed by atoms with Crippen molar-refractivity contribution in [3.8, 4) is 0 Å². The Bertz CT molecular complexity index is 980.